The molecule has 0 radical (unpaired) electrons. The number of aliphatic hydroxyl groups is 2. The average molecular weight is 681 g/mol. The van der Waals surface area contributed by atoms with Crippen LogP contribution < -0.4 is 0 Å². The molecule has 3 aliphatic heterocycles. The highest BCUT2D eigenvalue weighted by Gasteiger charge is 2.69. The van der Waals surface area contributed by atoms with Crippen LogP contribution in [0, 0.1) is 58.2 Å². The van der Waals surface area contributed by atoms with Crippen LogP contribution in [0.1, 0.15) is 109 Å². The Labute approximate surface area is 292 Å². The summed E-state index contributed by atoms with van der Waals surface area (Å²) >= 11 is 0. The molecule has 5 unspecified atom stereocenters. The Morgan fingerprint density at radius 2 is 1.67 bits per heavy atom. The molecule has 7 aliphatic rings. The molecule has 3 heterocycles. The number of rotatable bonds is 5. The highest BCUT2D eigenvalue weighted by Crippen LogP contribution is 2.71. The maximum absolute atomic E-state index is 12.6. The largest absolute Gasteiger partial charge is 0.459 e. The number of esters is 1. The summed E-state index contributed by atoms with van der Waals surface area (Å²) in [5.74, 6) is 3.18. The van der Waals surface area contributed by atoms with Crippen molar-refractivity contribution in [1.82, 2.24) is 0 Å². The van der Waals surface area contributed by atoms with Gasteiger partial charge in [0, 0.05) is 18.3 Å². The Morgan fingerprint density at radius 1 is 0.898 bits per heavy atom. The molecule has 1 aromatic rings. The molecule has 0 bridgehead atoms. The average Bonchev–Trinajstić information content (AvgIpc) is 3.55. The van der Waals surface area contributed by atoms with Gasteiger partial charge >= 0.3 is 5.97 Å². The minimum atomic E-state index is -0.965. The van der Waals surface area contributed by atoms with E-state index in [1.165, 1.54) is 38.5 Å². The lowest BCUT2D eigenvalue weighted by Crippen LogP contribution is -2.57. The first-order chi connectivity index (χ1) is 23.4. The van der Waals surface area contributed by atoms with Crippen molar-refractivity contribution in [1.29, 1.82) is 0 Å². The minimum absolute atomic E-state index is 0.00687. The van der Waals surface area contributed by atoms with Crippen molar-refractivity contribution in [2.45, 2.75) is 141 Å². The second-order valence-electron chi connectivity index (χ2n) is 18.1. The molecule has 8 rings (SSSR count). The second-order valence-corrected chi connectivity index (χ2v) is 18.1. The summed E-state index contributed by atoms with van der Waals surface area (Å²) in [7, 11) is 0. The standard InChI is InChI=1S/C41H60O8/c1-23-13-18-41(46-21-23)25(3)34-32(49-41)20-31-29-12-11-27-19-28(14-16-39(27,4)30(29)15-17-40(31,34)5)47-38-36(43)24(2)35(42)33(48-38)22-45-37(44)26-9-7-6-8-10-26/h6-10,23-25,27-36,38,42-43H,11-22H2,1-5H3/t23-,24?,25-,27+,28-,29+,30-,31-,32-,33?,34-,35?,36?,38?,39-,40-,41+/m0/s1. The third kappa shape index (κ3) is 5.65. The normalized spacial score (nSPS) is 52.1. The number of carbonyl (C=O) groups is 1. The molecule has 7 fully saturated rings. The molecular weight excluding hydrogens is 620 g/mol. The molecule has 1 aromatic carbocycles. The fourth-order valence-electron chi connectivity index (χ4n) is 12.7. The summed E-state index contributed by atoms with van der Waals surface area (Å²) in [5.41, 5.74) is 1.07. The topological polar surface area (TPSA) is 104 Å². The van der Waals surface area contributed by atoms with Crippen LogP contribution >= 0.6 is 0 Å². The monoisotopic (exact) mass is 680 g/mol. The molecular formula is C41H60O8. The third-order valence-corrected chi connectivity index (χ3v) is 15.6. The van der Waals surface area contributed by atoms with E-state index in [4.69, 9.17) is 23.7 Å². The maximum atomic E-state index is 12.6. The number of hydrogen-bond donors (Lipinski definition) is 2. The highest BCUT2D eigenvalue weighted by molar-refractivity contribution is 5.89. The van der Waals surface area contributed by atoms with Gasteiger partial charge in [-0.05, 0) is 116 Å². The lowest BCUT2D eigenvalue weighted by Gasteiger charge is -2.61. The van der Waals surface area contributed by atoms with E-state index in [-0.39, 0.29) is 18.5 Å². The fourth-order valence-corrected chi connectivity index (χ4v) is 12.7. The molecule has 0 aromatic heterocycles. The van der Waals surface area contributed by atoms with Crippen LogP contribution in [-0.2, 0) is 23.7 Å². The van der Waals surface area contributed by atoms with Gasteiger partial charge in [-0.1, -0.05) is 52.8 Å². The first-order valence-corrected chi connectivity index (χ1v) is 19.6. The first kappa shape index (κ1) is 34.5. The quantitative estimate of drug-likeness (QED) is 0.260. The smallest absolute Gasteiger partial charge is 0.338 e. The van der Waals surface area contributed by atoms with E-state index >= 15 is 0 Å². The summed E-state index contributed by atoms with van der Waals surface area (Å²) in [6.45, 7) is 12.5. The second kappa shape index (κ2) is 12.8. The van der Waals surface area contributed by atoms with Crippen LogP contribution in [0.4, 0.5) is 0 Å². The maximum Gasteiger partial charge on any atom is 0.338 e. The van der Waals surface area contributed by atoms with Gasteiger partial charge in [0.15, 0.2) is 12.1 Å². The Hall–Kier alpha value is -1.55. The van der Waals surface area contributed by atoms with E-state index in [1.807, 2.05) is 13.0 Å². The van der Waals surface area contributed by atoms with Crippen LogP contribution in [0.5, 0.6) is 0 Å². The van der Waals surface area contributed by atoms with Crippen LogP contribution in [0.15, 0.2) is 30.3 Å². The van der Waals surface area contributed by atoms with Crippen LogP contribution in [0.25, 0.3) is 0 Å². The van der Waals surface area contributed by atoms with Crippen molar-refractivity contribution < 1.29 is 38.7 Å². The molecule has 4 aliphatic carbocycles. The van der Waals surface area contributed by atoms with Gasteiger partial charge < -0.3 is 33.9 Å². The van der Waals surface area contributed by atoms with Crippen molar-refractivity contribution in [2.24, 2.45) is 58.2 Å². The molecule has 3 saturated heterocycles. The molecule has 2 N–H and O–H groups in total. The van der Waals surface area contributed by atoms with E-state index in [2.05, 4.69) is 27.7 Å². The third-order valence-electron chi connectivity index (χ3n) is 15.6. The molecule has 8 heteroatoms. The lowest BCUT2D eigenvalue weighted by atomic mass is 9.44. The van der Waals surface area contributed by atoms with E-state index in [9.17, 15) is 15.0 Å². The fraction of sp³-hybridized carbons (Fsp3) is 0.829. The SMILES string of the molecule is CC1C(O)C(COC(=O)c2ccccc2)OC(O[C@H]2CC[C@@]3(C)[C@H](CC[C@@H]4[C@@H]3CC[C@]3(C)[C@@H]5[C@H](C[C@@H]43)O[C@]3(CC[C@H](C)CO3)[C@H]5C)C2)C1O. The van der Waals surface area contributed by atoms with E-state index < -0.39 is 36.5 Å². The lowest BCUT2D eigenvalue weighted by molar-refractivity contribution is -0.305. The zero-order chi connectivity index (χ0) is 34.3. The van der Waals surface area contributed by atoms with Crippen molar-refractivity contribution in [3.8, 4) is 0 Å². The predicted molar refractivity (Wildman–Crippen MR) is 183 cm³/mol. The summed E-state index contributed by atoms with van der Waals surface area (Å²) in [4.78, 5) is 12.6. The molecule has 0 amide bonds. The zero-order valence-corrected chi connectivity index (χ0v) is 30.3. The molecule has 17 atom stereocenters. The zero-order valence-electron chi connectivity index (χ0n) is 30.3. The number of aliphatic hydroxyl groups excluding tert-OH is 2. The van der Waals surface area contributed by atoms with Crippen molar-refractivity contribution in [2.75, 3.05) is 13.2 Å². The Morgan fingerprint density at radius 3 is 2.43 bits per heavy atom. The number of ether oxygens (including phenoxy) is 5. The van der Waals surface area contributed by atoms with Crippen LogP contribution in [-0.4, -0.2) is 72.0 Å². The number of benzene rings is 1. The van der Waals surface area contributed by atoms with Gasteiger partial charge in [-0.15, -0.1) is 0 Å². The van der Waals surface area contributed by atoms with Gasteiger partial charge in [-0.3, -0.25) is 0 Å². The van der Waals surface area contributed by atoms with Gasteiger partial charge in [0.1, 0.15) is 18.8 Å². The van der Waals surface area contributed by atoms with E-state index in [0.717, 1.165) is 50.0 Å². The van der Waals surface area contributed by atoms with Gasteiger partial charge in [0.05, 0.1) is 30.5 Å². The van der Waals surface area contributed by atoms with Gasteiger partial charge in [-0.25, -0.2) is 4.79 Å². The molecule has 49 heavy (non-hydrogen) atoms. The highest BCUT2D eigenvalue weighted by atomic mass is 16.7. The summed E-state index contributed by atoms with van der Waals surface area (Å²) in [5, 5.41) is 22.0. The number of fused-ring (bicyclic) bond motifs is 7. The van der Waals surface area contributed by atoms with Gasteiger partial charge in [-0.2, -0.15) is 0 Å². The molecule has 1 spiro atoms. The Kier molecular flexibility index (Phi) is 9.05. The predicted octanol–water partition coefficient (Wildman–Crippen LogP) is 6.76. The van der Waals surface area contributed by atoms with E-state index in [1.54, 1.807) is 24.3 Å². The minimum Gasteiger partial charge on any atom is -0.459 e. The summed E-state index contributed by atoms with van der Waals surface area (Å²) in [6.07, 6.45) is 8.38. The van der Waals surface area contributed by atoms with Gasteiger partial charge in [0.25, 0.3) is 0 Å². The van der Waals surface area contributed by atoms with Crippen molar-refractivity contribution >= 4 is 5.97 Å². The molecule has 8 nitrogen and oxygen atoms in total. The first-order valence-electron chi connectivity index (χ1n) is 19.6. The number of carbonyl (C=O) groups excluding carboxylic acids is 1. The molecule has 272 valence electrons. The summed E-state index contributed by atoms with van der Waals surface area (Å²) in [6, 6.07) is 8.81. The Bertz CT molecular complexity index is 1350. The van der Waals surface area contributed by atoms with Crippen LogP contribution in [0.2, 0.25) is 0 Å². The van der Waals surface area contributed by atoms with Crippen molar-refractivity contribution in [3.05, 3.63) is 35.9 Å². The Balaban J connectivity index is 0.898. The van der Waals surface area contributed by atoms with Crippen LogP contribution in [0.3, 0.4) is 0 Å². The van der Waals surface area contributed by atoms with E-state index in [0.29, 0.717) is 46.2 Å². The molecule has 4 saturated carbocycles. The van der Waals surface area contributed by atoms with Gasteiger partial charge in [0.2, 0.25) is 0 Å². The number of hydrogen-bond acceptors (Lipinski definition) is 8. The summed E-state index contributed by atoms with van der Waals surface area (Å²) < 4.78 is 31.8. The van der Waals surface area contributed by atoms with Crippen molar-refractivity contribution in [3.63, 3.8) is 0 Å².